The van der Waals surface area contributed by atoms with Crippen molar-refractivity contribution in [2.24, 2.45) is 0 Å². The Hall–Kier alpha value is -4.01. The van der Waals surface area contributed by atoms with Gasteiger partial charge in [0.15, 0.2) is 5.82 Å². The van der Waals surface area contributed by atoms with E-state index in [1.165, 1.54) is 6.07 Å². The summed E-state index contributed by atoms with van der Waals surface area (Å²) in [5.41, 5.74) is 2.36. The summed E-state index contributed by atoms with van der Waals surface area (Å²) in [4.78, 5) is 27.0. The van der Waals surface area contributed by atoms with E-state index in [4.69, 9.17) is 9.97 Å². The Balaban J connectivity index is 1.29. The fourth-order valence-corrected chi connectivity index (χ4v) is 5.59. The van der Waals surface area contributed by atoms with Gasteiger partial charge in [-0.15, -0.1) is 0 Å². The van der Waals surface area contributed by atoms with Gasteiger partial charge in [0.05, 0.1) is 11.2 Å². The monoisotopic (exact) mass is 516 g/mol. The van der Waals surface area contributed by atoms with Gasteiger partial charge in [0, 0.05) is 60.0 Å². The molecule has 3 heterocycles. The number of aromatic nitrogens is 3. The standard InChI is InChI=1S/C29H30F2N6O/c30-19-13-22-23(17-32-27(22)24(31)14-19)28-35-25(18-7-2-1-3-8-18)16-26(36-28)33-20-9-6-10-21(15-20)34-29(38)37-11-4-5-12-37/h1-3,7-8,13-14,16-17,20-21,32H,4-6,9-12,15H2,(H,34,38)(H,33,35,36). The van der Waals surface area contributed by atoms with E-state index in [0.29, 0.717) is 28.3 Å². The van der Waals surface area contributed by atoms with E-state index in [9.17, 15) is 13.6 Å². The molecule has 38 heavy (non-hydrogen) atoms. The molecule has 0 radical (unpaired) electrons. The third kappa shape index (κ3) is 5.05. The molecule has 0 spiro atoms. The van der Waals surface area contributed by atoms with E-state index >= 15 is 0 Å². The van der Waals surface area contributed by atoms with Gasteiger partial charge >= 0.3 is 6.03 Å². The topological polar surface area (TPSA) is 85.9 Å². The predicted octanol–water partition coefficient (Wildman–Crippen LogP) is 6.10. The first-order valence-corrected chi connectivity index (χ1v) is 13.3. The van der Waals surface area contributed by atoms with Gasteiger partial charge in [-0.1, -0.05) is 30.3 Å². The zero-order valence-electron chi connectivity index (χ0n) is 21.0. The molecule has 4 aromatic rings. The van der Waals surface area contributed by atoms with Crippen LogP contribution in [-0.2, 0) is 0 Å². The molecular weight excluding hydrogens is 486 g/mol. The summed E-state index contributed by atoms with van der Waals surface area (Å²) in [6, 6.07) is 14.1. The highest BCUT2D eigenvalue weighted by Gasteiger charge is 2.27. The number of likely N-dealkylation sites (tertiary alicyclic amines) is 1. The summed E-state index contributed by atoms with van der Waals surface area (Å²) in [6.07, 6.45) is 7.45. The second kappa shape index (κ2) is 10.4. The van der Waals surface area contributed by atoms with Crippen molar-refractivity contribution in [1.82, 2.24) is 25.2 Å². The number of fused-ring (bicyclic) bond motifs is 1. The van der Waals surface area contributed by atoms with Crippen LogP contribution in [0.3, 0.4) is 0 Å². The second-order valence-corrected chi connectivity index (χ2v) is 10.2. The highest BCUT2D eigenvalue weighted by Crippen LogP contribution is 2.32. The van der Waals surface area contributed by atoms with Crippen LogP contribution in [-0.4, -0.2) is 51.1 Å². The van der Waals surface area contributed by atoms with Gasteiger partial charge in [0.1, 0.15) is 17.5 Å². The molecule has 7 nitrogen and oxygen atoms in total. The van der Waals surface area contributed by atoms with E-state index in [2.05, 4.69) is 15.6 Å². The molecule has 2 aromatic heterocycles. The minimum atomic E-state index is -0.659. The number of anilines is 1. The fraction of sp³-hybridized carbons (Fsp3) is 0.345. The number of rotatable bonds is 5. The molecule has 2 aliphatic rings. The predicted molar refractivity (Wildman–Crippen MR) is 144 cm³/mol. The minimum Gasteiger partial charge on any atom is -0.367 e. The van der Waals surface area contributed by atoms with E-state index in [1.54, 1.807) is 6.20 Å². The molecule has 1 aliphatic carbocycles. The smallest absolute Gasteiger partial charge is 0.317 e. The summed E-state index contributed by atoms with van der Waals surface area (Å²) in [7, 11) is 0. The molecule has 196 valence electrons. The third-order valence-electron chi connectivity index (χ3n) is 7.49. The molecule has 0 bridgehead atoms. The van der Waals surface area contributed by atoms with E-state index in [1.807, 2.05) is 41.3 Å². The highest BCUT2D eigenvalue weighted by atomic mass is 19.1. The van der Waals surface area contributed by atoms with Gasteiger partial charge in [-0.3, -0.25) is 0 Å². The molecule has 9 heteroatoms. The van der Waals surface area contributed by atoms with Gasteiger partial charge in [0.25, 0.3) is 0 Å². The van der Waals surface area contributed by atoms with Crippen molar-refractivity contribution in [1.29, 1.82) is 0 Å². The van der Waals surface area contributed by atoms with Gasteiger partial charge in [0.2, 0.25) is 0 Å². The van der Waals surface area contributed by atoms with Crippen molar-refractivity contribution in [2.45, 2.75) is 50.6 Å². The molecule has 6 rings (SSSR count). The molecule has 1 saturated heterocycles. The molecule has 1 aliphatic heterocycles. The summed E-state index contributed by atoms with van der Waals surface area (Å²) >= 11 is 0. The average Bonchev–Trinajstić information content (AvgIpc) is 3.60. The number of benzene rings is 2. The number of nitrogens with one attached hydrogen (secondary N) is 3. The van der Waals surface area contributed by atoms with Crippen LogP contribution in [0.15, 0.2) is 54.7 Å². The Morgan fingerprint density at radius 2 is 1.76 bits per heavy atom. The van der Waals surface area contributed by atoms with E-state index in [0.717, 1.165) is 63.2 Å². The number of amides is 2. The molecule has 2 amide bonds. The first-order chi connectivity index (χ1) is 18.5. The summed E-state index contributed by atoms with van der Waals surface area (Å²) in [6.45, 7) is 1.65. The lowest BCUT2D eigenvalue weighted by Crippen LogP contribution is -2.47. The SMILES string of the molecule is O=C(NC1CCCC(Nc2cc(-c3ccccc3)nc(-c3c[nH]c4c(F)cc(F)cc34)n2)C1)N1CCCC1. The molecule has 2 fully saturated rings. The highest BCUT2D eigenvalue weighted by molar-refractivity contribution is 5.94. The fourth-order valence-electron chi connectivity index (χ4n) is 5.59. The summed E-state index contributed by atoms with van der Waals surface area (Å²) < 4.78 is 28.5. The van der Waals surface area contributed by atoms with Crippen LogP contribution in [0, 0.1) is 11.6 Å². The van der Waals surface area contributed by atoms with Crippen molar-refractivity contribution < 1.29 is 13.6 Å². The number of carbonyl (C=O) groups excluding carboxylic acids is 1. The number of carbonyl (C=O) groups is 1. The molecule has 3 N–H and O–H groups in total. The van der Waals surface area contributed by atoms with E-state index < -0.39 is 11.6 Å². The Morgan fingerprint density at radius 3 is 2.58 bits per heavy atom. The molecule has 2 atom stereocenters. The van der Waals surface area contributed by atoms with Crippen LogP contribution >= 0.6 is 0 Å². The molecule has 2 aromatic carbocycles. The third-order valence-corrected chi connectivity index (χ3v) is 7.49. The zero-order valence-corrected chi connectivity index (χ0v) is 21.0. The number of aromatic amines is 1. The second-order valence-electron chi connectivity index (χ2n) is 10.2. The van der Waals surface area contributed by atoms with Crippen LogP contribution < -0.4 is 10.6 Å². The average molecular weight is 517 g/mol. The first-order valence-electron chi connectivity index (χ1n) is 13.3. The van der Waals surface area contributed by atoms with E-state index in [-0.39, 0.29) is 23.6 Å². The minimum absolute atomic E-state index is 0.0302. The Morgan fingerprint density at radius 1 is 0.974 bits per heavy atom. The Bertz CT molecular complexity index is 1450. The maximum Gasteiger partial charge on any atom is 0.317 e. The largest absolute Gasteiger partial charge is 0.367 e. The summed E-state index contributed by atoms with van der Waals surface area (Å²) in [5, 5.41) is 7.17. The van der Waals surface area contributed by atoms with Crippen molar-refractivity contribution >= 4 is 22.8 Å². The lowest BCUT2D eigenvalue weighted by atomic mass is 9.91. The number of hydrogen-bond acceptors (Lipinski definition) is 4. The number of nitrogens with zero attached hydrogens (tertiary/aromatic N) is 3. The lowest BCUT2D eigenvalue weighted by Gasteiger charge is -2.32. The lowest BCUT2D eigenvalue weighted by molar-refractivity contribution is 0.200. The number of urea groups is 1. The molecule has 1 saturated carbocycles. The van der Waals surface area contributed by atoms with Crippen molar-refractivity contribution in [2.75, 3.05) is 18.4 Å². The molecular formula is C29H30F2N6O. The number of halogens is 2. The van der Waals surface area contributed by atoms with Gasteiger partial charge in [-0.2, -0.15) is 0 Å². The van der Waals surface area contributed by atoms with Crippen LogP contribution in [0.1, 0.15) is 38.5 Å². The van der Waals surface area contributed by atoms with Gasteiger partial charge in [-0.05, 0) is 44.6 Å². The van der Waals surface area contributed by atoms with Gasteiger partial charge in [-0.25, -0.2) is 23.5 Å². The quantitative estimate of drug-likeness (QED) is 0.299. The maximum atomic E-state index is 14.4. The van der Waals surface area contributed by atoms with Crippen molar-refractivity contribution in [3.05, 3.63) is 66.4 Å². The first kappa shape index (κ1) is 24.3. The maximum absolute atomic E-state index is 14.4. The van der Waals surface area contributed by atoms with Crippen molar-refractivity contribution in [3.63, 3.8) is 0 Å². The van der Waals surface area contributed by atoms with Crippen LogP contribution in [0.4, 0.5) is 19.4 Å². The van der Waals surface area contributed by atoms with Crippen LogP contribution in [0.25, 0.3) is 33.5 Å². The normalized spacial score (nSPS) is 19.6. The van der Waals surface area contributed by atoms with Gasteiger partial charge < -0.3 is 20.5 Å². The Labute approximate surface area is 219 Å². The van der Waals surface area contributed by atoms with Crippen LogP contribution in [0.2, 0.25) is 0 Å². The Kier molecular flexibility index (Phi) is 6.66. The number of H-pyrrole nitrogens is 1. The zero-order chi connectivity index (χ0) is 26.1. The van der Waals surface area contributed by atoms with Crippen molar-refractivity contribution in [3.8, 4) is 22.6 Å². The summed E-state index contributed by atoms with van der Waals surface area (Å²) in [5.74, 6) is -0.304. The number of hydrogen-bond donors (Lipinski definition) is 3. The van der Waals surface area contributed by atoms with Crippen LogP contribution in [0.5, 0.6) is 0 Å². The molecule has 2 unspecified atom stereocenters.